The van der Waals surface area contributed by atoms with Gasteiger partial charge in [-0.05, 0) is 25.0 Å². The lowest BCUT2D eigenvalue weighted by Crippen LogP contribution is -2.40. The Hall–Kier alpha value is -1.68. The molecule has 2 aromatic rings. The highest BCUT2D eigenvalue weighted by molar-refractivity contribution is 5.59. The largest absolute Gasteiger partial charge is 0.328 e. The molecule has 3 nitrogen and oxygen atoms in total. The first-order chi connectivity index (χ1) is 9.16. The average Bonchev–Trinajstić information content (AvgIpc) is 2.91. The second-order valence-electron chi connectivity index (χ2n) is 4.79. The van der Waals surface area contributed by atoms with Crippen LogP contribution < -0.4 is 5.73 Å². The molecule has 0 bridgehead atoms. The summed E-state index contributed by atoms with van der Waals surface area (Å²) in [6, 6.07) is 6.58. The maximum absolute atomic E-state index is 13.4. The number of aromatic nitrogens is 2. The zero-order chi connectivity index (χ0) is 13.9. The van der Waals surface area contributed by atoms with Crippen LogP contribution in [0.5, 0.6) is 0 Å². The van der Waals surface area contributed by atoms with Gasteiger partial charge in [-0.15, -0.1) is 0 Å². The minimum absolute atomic E-state index is 0.155. The van der Waals surface area contributed by atoms with E-state index in [0.29, 0.717) is 6.54 Å². The van der Waals surface area contributed by atoms with Gasteiger partial charge in [0.05, 0.1) is 23.8 Å². The van der Waals surface area contributed by atoms with Crippen molar-refractivity contribution in [2.24, 2.45) is 5.73 Å². The van der Waals surface area contributed by atoms with E-state index in [2.05, 4.69) is 23.4 Å². The second-order valence-corrected chi connectivity index (χ2v) is 4.79. The minimum atomic E-state index is -0.239. The summed E-state index contributed by atoms with van der Waals surface area (Å²) in [6.45, 7) is 4.77. The Labute approximate surface area is 113 Å². The lowest BCUT2D eigenvalue weighted by Gasteiger charge is -2.33. The zero-order valence-electron chi connectivity index (χ0n) is 11.4. The molecule has 2 rings (SSSR count). The van der Waals surface area contributed by atoms with Gasteiger partial charge in [-0.25, -0.2) is 9.37 Å². The van der Waals surface area contributed by atoms with Crippen molar-refractivity contribution in [3.05, 3.63) is 42.6 Å². The molecule has 19 heavy (non-hydrogen) atoms. The quantitative estimate of drug-likeness (QED) is 0.898. The summed E-state index contributed by atoms with van der Waals surface area (Å²) in [5, 5.41) is 0. The molecular formula is C15H20FN3. The molecule has 0 saturated carbocycles. The third kappa shape index (κ3) is 2.40. The van der Waals surface area contributed by atoms with Crippen LogP contribution in [0, 0.1) is 5.82 Å². The van der Waals surface area contributed by atoms with Crippen LogP contribution in [0.2, 0.25) is 0 Å². The molecule has 0 spiro atoms. The van der Waals surface area contributed by atoms with E-state index >= 15 is 0 Å². The van der Waals surface area contributed by atoms with Crippen LogP contribution in [0.1, 0.15) is 26.7 Å². The van der Waals surface area contributed by atoms with Crippen LogP contribution in [0.4, 0.5) is 4.39 Å². The monoisotopic (exact) mass is 261 g/mol. The van der Waals surface area contributed by atoms with E-state index < -0.39 is 0 Å². The fraction of sp³-hybridized carbons (Fsp3) is 0.400. The van der Waals surface area contributed by atoms with Gasteiger partial charge >= 0.3 is 0 Å². The van der Waals surface area contributed by atoms with Gasteiger partial charge in [0.25, 0.3) is 0 Å². The molecule has 1 aromatic carbocycles. The molecule has 0 aliphatic heterocycles. The van der Waals surface area contributed by atoms with E-state index in [1.54, 1.807) is 18.6 Å². The van der Waals surface area contributed by atoms with Crippen molar-refractivity contribution in [1.29, 1.82) is 0 Å². The second kappa shape index (κ2) is 5.53. The van der Waals surface area contributed by atoms with Gasteiger partial charge in [0.1, 0.15) is 5.82 Å². The van der Waals surface area contributed by atoms with E-state index in [4.69, 9.17) is 5.73 Å². The molecule has 0 saturated heterocycles. The number of nitrogens with two attached hydrogens (primary N) is 1. The number of rotatable bonds is 5. The fourth-order valence-electron chi connectivity index (χ4n) is 2.51. The first kappa shape index (κ1) is 13.7. The Balaban J connectivity index is 2.53. The topological polar surface area (TPSA) is 43.8 Å². The molecule has 2 N–H and O–H groups in total. The first-order valence-electron chi connectivity index (χ1n) is 6.65. The number of nitrogens with zero attached hydrogens (tertiary/aromatic N) is 2. The summed E-state index contributed by atoms with van der Waals surface area (Å²) in [5.41, 5.74) is 7.56. The van der Waals surface area contributed by atoms with E-state index in [-0.39, 0.29) is 11.4 Å². The molecular weight excluding hydrogens is 241 g/mol. The van der Waals surface area contributed by atoms with E-state index in [0.717, 1.165) is 24.1 Å². The van der Waals surface area contributed by atoms with Gasteiger partial charge in [0, 0.05) is 12.1 Å². The number of hydrogen-bond donors (Lipinski definition) is 1. The Morgan fingerprint density at radius 3 is 2.63 bits per heavy atom. The molecule has 0 atom stereocenters. The highest BCUT2D eigenvalue weighted by Crippen LogP contribution is 2.30. The normalized spacial score (nSPS) is 11.8. The van der Waals surface area contributed by atoms with Crippen LogP contribution in [0.15, 0.2) is 36.8 Å². The fourth-order valence-corrected chi connectivity index (χ4v) is 2.51. The van der Waals surface area contributed by atoms with Crippen molar-refractivity contribution < 1.29 is 4.39 Å². The average molecular weight is 261 g/mol. The standard InChI is InChI=1S/C15H20FN3/c1-3-15(4-2,10-17)19-11-18-9-14(19)12-6-5-7-13(16)8-12/h5-9,11H,3-4,10,17H2,1-2H3. The Bertz CT molecular complexity index is 536. The van der Waals surface area contributed by atoms with Gasteiger partial charge in [0.2, 0.25) is 0 Å². The number of hydrogen-bond acceptors (Lipinski definition) is 2. The zero-order valence-corrected chi connectivity index (χ0v) is 11.4. The van der Waals surface area contributed by atoms with Crippen molar-refractivity contribution in [2.75, 3.05) is 6.54 Å². The van der Waals surface area contributed by atoms with Gasteiger partial charge in [-0.3, -0.25) is 0 Å². The van der Waals surface area contributed by atoms with Crippen molar-refractivity contribution in [1.82, 2.24) is 9.55 Å². The van der Waals surface area contributed by atoms with Gasteiger partial charge < -0.3 is 10.3 Å². The SMILES string of the molecule is CCC(CC)(CN)n1cncc1-c1cccc(F)c1. The van der Waals surface area contributed by atoms with E-state index in [1.807, 2.05) is 6.07 Å². The van der Waals surface area contributed by atoms with E-state index in [9.17, 15) is 4.39 Å². The molecule has 0 aliphatic rings. The predicted octanol–water partition coefficient (Wildman–Crippen LogP) is 3.16. The van der Waals surface area contributed by atoms with Gasteiger partial charge in [-0.2, -0.15) is 0 Å². The highest BCUT2D eigenvalue weighted by atomic mass is 19.1. The Kier molecular flexibility index (Phi) is 4.00. The summed E-state index contributed by atoms with van der Waals surface area (Å²) < 4.78 is 15.5. The maximum Gasteiger partial charge on any atom is 0.123 e. The lowest BCUT2D eigenvalue weighted by molar-refractivity contribution is 0.274. The van der Waals surface area contributed by atoms with Crippen molar-refractivity contribution in [2.45, 2.75) is 32.2 Å². The number of benzene rings is 1. The first-order valence-corrected chi connectivity index (χ1v) is 6.65. The van der Waals surface area contributed by atoms with Gasteiger partial charge in [-0.1, -0.05) is 26.0 Å². The number of imidazole rings is 1. The molecule has 0 radical (unpaired) electrons. The molecule has 0 amide bonds. The molecule has 102 valence electrons. The third-order valence-electron chi connectivity index (χ3n) is 3.97. The highest BCUT2D eigenvalue weighted by Gasteiger charge is 2.28. The Morgan fingerprint density at radius 2 is 2.05 bits per heavy atom. The summed E-state index contributed by atoms with van der Waals surface area (Å²) >= 11 is 0. The maximum atomic E-state index is 13.4. The van der Waals surface area contributed by atoms with Crippen LogP contribution in [-0.4, -0.2) is 16.1 Å². The summed E-state index contributed by atoms with van der Waals surface area (Å²) in [6.07, 6.45) is 5.39. The lowest BCUT2D eigenvalue weighted by atomic mass is 9.92. The summed E-state index contributed by atoms with van der Waals surface area (Å²) in [7, 11) is 0. The van der Waals surface area contributed by atoms with Crippen LogP contribution >= 0.6 is 0 Å². The molecule has 1 heterocycles. The minimum Gasteiger partial charge on any atom is -0.328 e. The smallest absolute Gasteiger partial charge is 0.123 e. The summed E-state index contributed by atoms with van der Waals surface area (Å²) in [5.74, 6) is -0.239. The molecule has 0 aliphatic carbocycles. The molecule has 4 heteroatoms. The van der Waals surface area contributed by atoms with E-state index in [1.165, 1.54) is 12.1 Å². The molecule has 0 fully saturated rings. The van der Waals surface area contributed by atoms with Crippen LogP contribution in [0.25, 0.3) is 11.3 Å². The molecule has 1 aromatic heterocycles. The molecule has 0 unspecified atom stereocenters. The predicted molar refractivity (Wildman–Crippen MR) is 75.2 cm³/mol. The van der Waals surface area contributed by atoms with Crippen molar-refractivity contribution >= 4 is 0 Å². The van der Waals surface area contributed by atoms with Crippen molar-refractivity contribution in [3.8, 4) is 11.3 Å². The van der Waals surface area contributed by atoms with Crippen LogP contribution in [0.3, 0.4) is 0 Å². The number of halogens is 1. The van der Waals surface area contributed by atoms with Crippen molar-refractivity contribution in [3.63, 3.8) is 0 Å². The summed E-state index contributed by atoms with van der Waals surface area (Å²) in [4.78, 5) is 4.22. The Morgan fingerprint density at radius 1 is 1.32 bits per heavy atom. The van der Waals surface area contributed by atoms with Gasteiger partial charge in [0.15, 0.2) is 0 Å². The van der Waals surface area contributed by atoms with Crippen LogP contribution in [-0.2, 0) is 5.54 Å². The third-order valence-corrected chi connectivity index (χ3v) is 3.97.